The Kier molecular flexibility index (Phi) is 4.63. The third-order valence-corrected chi connectivity index (χ3v) is 5.18. The van der Waals surface area contributed by atoms with Gasteiger partial charge in [0.15, 0.2) is 0 Å². The highest BCUT2D eigenvalue weighted by Gasteiger charge is 2.33. The molecule has 4 unspecified atom stereocenters. The molecule has 2 heterocycles. The van der Waals surface area contributed by atoms with E-state index in [9.17, 15) is 0 Å². The largest absolute Gasteiger partial charge is 0.372 e. The van der Waals surface area contributed by atoms with E-state index in [1.807, 2.05) is 0 Å². The molecule has 3 nitrogen and oxygen atoms in total. The lowest BCUT2D eigenvalue weighted by Gasteiger charge is -2.44. The fraction of sp³-hybridized carbons (Fsp3) is 0.667. The highest BCUT2D eigenvalue weighted by molar-refractivity contribution is 5.31. The van der Waals surface area contributed by atoms with Gasteiger partial charge in [0.05, 0.1) is 12.7 Å². The fourth-order valence-electron chi connectivity index (χ4n) is 4.19. The molecule has 116 valence electrons. The highest BCUT2D eigenvalue weighted by Crippen LogP contribution is 2.32. The highest BCUT2D eigenvalue weighted by atomic mass is 16.5. The quantitative estimate of drug-likeness (QED) is 0.929. The van der Waals surface area contributed by atoms with E-state index in [4.69, 9.17) is 10.5 Å². The molecule has 0 saturated carbocycles. The van der Waals surface area contributed by atoms with Gasteiger partial charge in [0, 0.05) is 25.7 Å². The monoisotopic (exact) mass is 288 g/mol. The van der Waals surface area contributed by atoms with Crippen molar-refractivity contribution in [2.24, 2.45) is 17.6 Å². The Balaban J connectivity index is 1.76. The Morgan fingerprint density at radius 1 is 1.29 bits per heavy atom. The van der Waals surface area contributed by atoms with Crippen LogP contribution in [0.3, 0.4) is 0 Å². The van der Waals surface area contributed by atoms with Crippen molar-refractivity contribution in [1.82, 2.24) is 4.90 Å². The van der Waals surface area contributed by atoms with Crippen molar-refractivity contribution in [3.63, 3.8) is 0 Å². The number of rotatable bonds is 3. The number of ether oxygens (including phenoxy) is 1. The second-order valence-corrected chi connectivity index (χ2v) is 6.88. The van der Waals surface area contributed by atoms with Crippen LogP contribution < -0.4 is 5.73 Å². The SMILES string of the molecule is CC1CC(C)C(CN)N(CC2OCCc3ccccc32)C1. The molecule has 0 bridgehead atoms. The number of fused-ring (bicyclic) bond motifs is 1. The smallest absolute Gasteiger partial charge is 0.0954 e. The van der Waals surface area contributed by atoms with E-state index in [2.05, 4.69) is 43.0 Å². The number of hydrogen-bond acceptors (Lipinski definition) is 3. The topological polar surface area (TPSA) is 38.5 Å². The number of nitrogens with zero attached hydrogens (tertiary/aromatic N) is 1. The van der Waals surface area contributed by atoms with E-state index in [0.717, 1.165) is 38.6 Å². The number of likely N-dealkylation sites (tertiary alicyclic amines) is 1. The molecule has 3 heteroatoms. The van der Waals surface area contributed by atoms with Crippen molar-refractivity contribution >= 4 is 0 Å². The van der Waals surface area contributed by atoms with Gasteiger partial charge in [-0.1, -0.05) is 38.1 Å². The average molecular weight is 288 g/mol. The predicted molar refractivity (Wildman–Crippen MR) is 86.2 cm³/mol. The Morgan fingerprint density at radius 2 is 2.10 bits per heavy atom. The summed E-state index contributed by atoms with van der Waals surface area (Å²) in [6, 6.07) is 9.23. The summed E-state index contributed by atoms with van der Waals surface area (Å²) in [5, 5.41) is 0. The second-order valence-electron chi connectivity index (χ2n) is 6.88. The van der Waals surface area contributed by atoms with Crippen LogP contribution in [0.1, 0.15) is 37.5 Å². The number of piperidine rings is 1. The zero-order valence-corrected chi connectivity index (χ0v) is 13.3. The molecule has 21 heavy (non-hydrogen) atoms. The summed E-state index contributed by atoms with van der Waals surface area (Å²) >= 11 is 0. The van der Waals surface area contributed by atoms with E-state index in [-0.39, 0.29) is 6.10 Å². The van der Waals surface area contributed by atoms with E-state index in [1.54, 1.807) is 0 Å². The first-order valence-corrected chi connectivity index (χ1v) is 8.32. The van der Waals surface area contributed by atoms with Crippen LogP contribution in [0.5, 0.6) is 0 Å². The van der Waals surface area contributed by atoms with Gasteiger partial charge in [-0.25, -0.2) is 0 Å². The molecule has 1 aromatic carbocycles. The van der Waals surface area contributed by atoms with Crippen LogP contribution in [-0.2, 0) is 11.2 Å². The maximum absolute atomic E-state index is 6.09. The van der Waals surface area contributed by atoms with Gasteiger partial charge in [-0.05, 0) is 35.8 Å². The molecule has 2 N–H and O–H groups in total. The third kappa shape index (κ3) is 3.15. The maximum Gasteiger partial charge on any atom is 0.0954 e. The van der Waals surface area contributed by atoms with Gasteiger partial charge in [-0.2, -0.15) is 0 Å². The zero-order chi connectivity index (χ0) is 14.8. The summed E-state index contributed by atoms with van der Waals surface area (Å²) in [6.45, 7) is 8.42. The molecule has 1 saturated heterocycles. The lowest BCUT2D eigenvalue weighted by Crippen LogP contribution is -2.52. The minimum Gasteiger partial charge on any atom is -0.372 e. The molecular weight excluding hydrogens is 260 g/mol. The first kappa shape index (κ1) is 15.0. The van der Waals surface area contributed by atoms with Crippen molar-refractivity contribution in [3.8, 4) is 0 Å². The van der Waals surface area contributed by atoms with Crippen LogP contribution in [0.2, 0.25) is 0 Å². The second kappa shape index (κ2) is 6.47. The van der Waals surface area contributed by atoms with Gasteiger partial charge < -0.3 is 10.5 Å². The molecular formula is C18H28N2O. The van der Waals surface area contributed by atoms with E-state index < -0.39 is 0 Å². The standard InChI is InChI=1S/C18H28N2O/c1-13-9-14(2)17(10-19)20(11-13)12-18-16-6-4-3-5-15(16)7-8-21-18/h3-6,13-14,17-18H,7-12,19H2,1-2H3. The van der Waals surface area contributed by atoms with Crippen molar-refractivity contribution < 1.29 is 4.74 Å². The predicted octanol–water partition coefficient (Wildman–Crippen LogP) is 2.61. The van der Waals surface area contributed by atoms with Crippen molar-refractivity contribution in [1.29, 1.82) is 0 Å². The molecule has 1 aromatic rings. The zero-order valence-electron chi connectivity index (χ0n) is 13.3. The first-order valence-electron chi connectivity index (χ1n) is 8.32. The summed E-state index contributed by atoms with van der Waals surface area (Å²) in [7, 11) is 0. The van der Waals surface area contributed by atoms with Gasteiger partial charge in [-0.15, -0.1) is 0 Å². The molecule has 0 aliphatic carbocycles. The first-order chi connectivity index (χ1) is 10.2. The van der Waals surface area contributed by atoms with Gasteiger partial charge >= 0.3 is 0 Å². The molecule has 4 atom stereocenters. The Labute approximate surface area is 128 Å². The van der Waals surface area contributed by atoms with Gasteiger partial charge in [-0.3, -0.25) is 4.90 Å². The number of benzene rings is 1. The molecule has 0 radical (unpaired) electrons. The molecule has 3 rings (SSSR count). The van der Waals surface area contributed by atoms with Gasteiger partial charge in [0.1, 0.15) is 0 Å². The van der Waals surface area contributed by atoms with E-state index >= 15 is 0 Å². The van der Waals surface area contributed by atoms with Gasteiger partial charge in [0.2, 0.25) is 0 Å². The summed E-state index contributed by atoms with van der Waals surface area (Å²) in [6.07, 6.45) is 2.54. The van der Waals surface area contributed by atoms with Crippen LogP contribution >= 0.6 is 0 Å². The fourth-order valence-corrected chi connectivity index (χ4v) is 4.19. The van der Waals surface area contributed by atoms with Crippen LogP contribution in [-0.4, -0.2) is 37.2 Å². The minimum atomic E-state index is 0.210. The minimum absolute atomic E-state index is 0.210. The van der Waals surface area contributed by atoms with Crippen LogP contribution in [0.25, 0.3) is 0 Å². The molecule has 0 amide bonds. The lowest BCUT2D eigenvalue weighted by atomic mass is 9.84. The van der Waals surface area contributed by atoms with E-state index in [1.165, 1.54) is 17.5 Å². The van der Waals surface area contributed by atoms with Crippen LogP contribution in [0.4, 0.5) is 0 Å². The molecule has 1 fully saturated rings. The lowest BCUT2D eigenvalue weighted by molar-refractivity contribution is -0.0180. The molecule has 2 aliphatic heterocycles. The van der Waals surface area contributed by atoms with Crippen molar-refractivity contribution in [2.45, 2.75) is 38.8 Å². The van der Waals surface area contributed by atoms with E-state index in [0.29, 0.717) is 12.0 Å². The van der Waals surface area contributed by atoms with Crippen molar-refractivity contribution in [2.75, 3.05) is 26.2 Å². The molecule has 2 aliphatic rings. The Morgan fingerprint density at radius 3 is 2.90 bits per heavy atom. The summed E-state index contributed by atoms with van der Waals surface area (Å²) < 4.78 is 6.09. The summed E-state index contributed by atoms with van der Waals surface area (Å²) in [5.41, 5.74) is 8.88. The van der Waals surface area contributed by atoms with Gasteiger partial charge in [0.25, 0.3) is 0 Å². The molecule has 0 spiro atoms. The Hall–Kier alpha value is -0.900. The summed E-state index contributed by atoms with van der Waals surface area (Å²) in [4.78, 5) is 2.58. The molecule has 0 aromatic heterocycles. The number of hydrogen-bond donors (Lipinski definition) is 1. The number of nitrogens with two attached hydrogens (primary N) is 1. The Bertz CT molecular complexity index is 476. The van der Waals surface area contributed by atoms with Crippen LogP contribution in [0, 0.1) is 11.8 Å². The summed E-state index contributed by atoms with van der Waals surface area (Å²) in [5.74, 6) is 1.43. The third-order valence-electron chi connectivity index (χ3n) is 5.18. The average Bonchev–Trinajstić information content (AvgIpc) is 2.47. The maximum atomic E-state index is 6.09. The van der Waals surface area contributed by atoms with Crippen LogP contribution in [0.15, 0.2) is 24.3 Å². The van der Waals surface area contributed by atoms with Crippen molar-refractivity contribution in [3.05, 3.63) is 35.4 Å². The normalized spacial score (nSPS) is 33.7.